The van der Waals surface area contributed by atoms with Crippen molar-refractivity contribution in [1.82, 2.24) is 0 Å². The molecule has 2 aromatic carbocycles. The number of benzene rings is 2. The number of fused-ring (bicyclic) bond motifs is 1. The first kappa shape index (κ1) is 15.5. The van der Waals surface area contributed by atoms with Gasteiger partial charge in [-0.1, -0.05) is 30.3 Å². The van der Waals surface area contributed by atoms with E-state index in [2.05, 4.69) is 0 Å². The van der Waals surface area contributed by atoms with Gasteiger partial charge in [-0.05, 0) is 6.07 Å². The highest BCUT2D eigenvalue weighted by molar-refractivity contribution is 6.03. The molecule has 1 amide bonds. The summed E-state index contributed by atoms with van der Waals surface area (Å²) in [7, 11) is 0. The van der Waals surface area contributed by atoms with Crippen LogP contribution in [0.3, 0.4) is 0 Å². The second kappa shape index (κ2) is 5.99. The summed E-state index contributed by atoms with van der Waals surface area (Å²) >= 11 is 0. The van der Waals surface area contributed by atoms with Crippen molar-refractivity contribution in [2.24, 2.45) is 0 Å². The fraction of sp³-hybridized carbons (Fsp3) is 0.125. The van der Waals surface area contributed by atoms with E-state index in [1.54, 1.807) is 30.3 Å². The number of nitro groups is 1. The number of amides is 1. The van der Waals surface area contributed by atoms with Crippen LogP contribution >= 0.6 is 0 Å². The maximum atomic E-state index is 12.7. The molecule has 3 rings (SSSR count). The minimum absolute atomic E-state index is 0.0729. The lowest BCUT2D eigenvalue weighted by molar-refractivity contribution is -0.384. The van der Waals surface area contributed by atoms with Gasteiger partial charge in [-0.25, -0.2) is 0 Å². The molecule has 122 valence electrons. The number of aliphatic carboxylic acids is 1. The third kappa shape index (κ3) is 2.76. The molecule has 1 atom stereocenters. The molecule has 1 heterocycles. The predicted octanol–water partition coefficient (Wildman–Crippen LogP) is 2.15. The van der Waals surface area contributed by atoms with E-state index in [0.29, 0.717) is 5.56 Å². The molecule has 0 bridgehead atoms. The van der Waals surface area contributed by atoms with Gasteiger partial charge in [-0.3, -0.25) is 24.6 Å². The van der Waals surface area contributed by atoms with Crippen molar-refractivity contribution in [3.05, 3.63) is 64.2 Å². The maximum absolute atomic E-state index is 12.7. The Morgan fingerprint density at radius 3 is 2.58 bits per heavy atom. The minimum Gasteiger partial charge on any atom is -0.480 e. The van der Waals surface area contributed by atoms with Crippen LogP contribution in [0.15, 0.2) is 48.5 Å². The average Bonchev–Trinajstić information content (AvgIpc) is 2.57. The number of non-ortho nitro benzene ring substituents is 1. The van der Waals surface area contributed by atoms with Crippen LogP contribution in [-0.4, -0.2) is 28.5 Å². The van der Waals surface area contributed by atoms with Crippen LogP contribution < -0.4 is 9.64 Å². The molecule has 0 aliphatic carbocycles. The molecule has 8 nitrogen and oxygen atoms in total. The normalized spacial score (nSPS) is 16.2. The van der Waals surface area contributed by atoms with E-state index in [1.165, 1.54) is 12.1 Å². The average molecular weight is 328 g/mol. The van der Waals surface area contributed by atoms with E-state index in [-0.39, 0.29) is 17.1 Å². The summed E-state index contributed by atoms with van der Waals surface area (Å²) in [6.45, 7) is -0.611. The SMILES string of the molecule is O=C(O)CN1C(=O)C(c2ccccc2)Oc2ccc([N+](=O)[O-])cc21. The second-order valence-electron chi connectivity index (χ2n) is 5.14. The number of carbonyl (C=O) groups excluding carboxylic acids is 1. The molecule has 1 aliphatic heterocycles. The summed E-state index contributed by atoms with van der Waals surface area (Å²) < 4.78 is 5.67. The van der Waals surface area contributed by atoms with Gasteiger partial charge in [0.25, 0.3) is 11.6 Å². The van der Waals surface area contributed by atoms with Gasteiger partial charge in [0.05, 0.1) is 10.6 Å². The highest BCUT2D eigenvalue weighted by Gasteiger charge is 2.37. The quantitative estimate of drug-likeness (QED) is 0.680. The van der Waals surface area contributed by atoms with Gasteiger partial charge in [-0.15, -0.1) is 0 Å². The third-order valence-corrected chi connectivity index (χ3v) is 3.57. The Hall–Kier alpha value is -3.42. The molecular weight excluding hydrogens is 316 g/mol. The molecule has 1 unspecified atom stereocenters. The van der Waals surface area contributed by atoms with Crippen molar-refractivity contribution >= 4 is 23.3 Å². The van der Waals surface area contributed by atoms with Crippen LogP contribution in [0.2, 0.25) is 0 Å². The lowest BCUT2D eigenvalue weighted by Gasteiger charge is -2.33. The number of anilines is 1. The van der Waals surface area contributed by atoms with Crippen LogP contribution in [0, 0.1) is 10.1 Å². The Bertz CT molecular complexity index is 821. The molecule has 0 aromatic heterocycles. The summed E-state index contributed by atoms with van der Waals surface area (Å²) in [5.74, 6) is -1.60. The zero-order valence-electron chi connectivity index (χ0n) is 12.3. The summed E-state index contributed by atoms with van der Waals surface area (Å²) in [5.41, 5.74) is 0.393. The van der Waals surface area contributed by atoms with Gasteiger partial charge < -0.3 is 9.84 Å². The number of hydrogen-bond donors (Lipinski definition) is 1. The molecule has 2 aromatic rings. The van der Waals surface area contributed by atoms with Crippen molar-refractivity contribution in [1.29, 1.82) is 0 Å². The zero-order valence-corrected chi connectivity index (χ0v) is 12.3. The van der Waals surface area contributed by atoms with E-state index >= 15 is 0 Å². The van der Waals surface area contributed by atoms with Gasteiger partial charge in [0.2, 0.25) is 6.10 Å². The van der Waals surface area contributed by atoms with Crippen LogP contribution in [0.1, 0.15) is 11.7 Å². The fourth-order valence-corrected chi connectivity index (χ4v) is 2.50. The Kier molecular flexibility index (Phi) is 3.87. The highest BCUT2D eigenvalue weighted by Crippen LogP contribution is 2.40. The first-order valence-corrected chi connectivity index (χ1v) is 7.00. The van der Waals surface area contributed by atoms with Crippen molar-refractivity contribution < 1.29 is 24.4 Å². The number of carboxylic acids is 1. The molecule has 1 aliphatic rings. The zero-order chi connectivity index (χ0) is 17.3. The summed E-state index contributed by atoms with van der Waals surface area (Å²) in [5, 5.41) is 20.0. The van der Waals surface area contributed by atoms with Crippen molar-refractivity contribution in [2.45, 2.75) is 6.10 Å². The monoisotopic (exact) mass is 328 g/mol. The largest absolute Gasteiger partial charge is 0.480 e. The number of ether oxygens (including phenoxy) is 1. The number of carbonyl (C=O) groups is 2. The first-order chi connectivity index (χ1) is 11.5. The van der Waals surface area contributed by atoms with Crippen molar-refractivity contribution in [3.63, 3.8) is 0 Å². The number of nitrogens with zero attached hydrogens (tertiary/aromatic N) is 2. The highest BCUT2D eigenvalue weighted by atomic mass is 16.6. The molecule has 0 radical (unpaired) electrons. The van der Waals surface area contributed by atoms with Crippen LogP contribution in [-0.2, 0) is 9.59 Å². The van der Waals surface area contributed by atoms with Gasteiger partial charge in [-0.2, -0.15) is 0 Å². The molecule has 0 saturated carbocycles. The first-order valence-electron chi connectivity index (χ1n) is 7.00. The van der Waals surface area contributed by atoms with Gasteiger partial charge in [0.1, 0.15) is 12.3 Å². The number of rotatable bonds is 4. The minimum atomic E-state index is -1.23. The summed E-state index contributed by atoms with van der Waals surface area (Å²) in [4.78, 5) is 35.1. The second-order valence-corrected chi connectivity index (χ2v) is 5.14. The van der Waals surface area contributed by atoms with Gasteiger partial charge >= 0.3 is 5.97 Å². The van der Waals surface area contributed by atoms with Crippen molar-refractivity contribution in [2.75, 3.05) is 11.4 Å². The number of hydrogen-bond acceptors (Lipinski definition) is 5. The van der Waals surface area contributed by atoms with Gasteiger partial charge in [0.15, 0.2) is 0 Å². The number of nitro benzene ring substituents is 1. The molecule has 8 heteroatoms. The van der Waals surface area contributed by atoms with E-state index < -0.39 is 29.4 Å². The Morgan fingerprint density at radius 1 is 1.25 bits per heavy atom. The predicted molar refractivity (Wildman–Crippen MR) is 82.9 cm³/mol. The molecule has 0 fully saturated rings. The fourth-order valence-electron chi connectivity index (χ4n) is 2.50. The van der Waals surface area contributed by atoms with E-state index in [4.69, 9.17) is 9.84 Å². The van der Waals surface area contributed by atoms with E-state index in [9.17, 15) is 19.7 Å². The maximum Gasteiger partial charge on any atom is 0.323 e. The molecular formula is C16H12N2O6. The molecule has 24 heavy (non-hydrogen) atoms. The smallest absolute Gasteiger partial charge is 0.323 e. The van der Waals surface area contributed by atoms with Crippen molar-refractivity contribution in [3.8, 4) is 5.75 Å². The third-order valence-electron chi connectivity index (χ3n) is 3.57. The topological polar surface area (TPSA) is 110 Å². The Balaban J connectivity index is 2.08. The lowest BCUT2D eigenvalue weighted by atomic mass is 10.1. The Morgan fingerprint density at radius 2 is 1.96 bits per heavy atom. The summed E-state index contributed by atoms with van der Waals surface area (Å²) in [6.07, 6.45) is -1.00. The summed E-state index contributed by atoms with van der Waals surface area (Å²) in [6, 6.07) is 12.4. The molecule has 0 spiro atoms. The molecule has 1 N–H and O–H groups in total. The van der Waals surface area contributed by atoms with E-state index in [1.807, 2.05) is 0 Å². The van der Waals surface area contributed by atoms with Crippen LogP contribution in [0.5, 0.6) is 5.75 Å². The molecule has 0 saturated heterocycles. The lowest BCUT2D eigenvalue weighted by Crippen LogP contribution is -2.43. The van der Waals surface area contributed by atoms with Crippen LogP contribution in [0.25, 0.3) is 0 Å². The number of carboxylic acid groups (broad SMARTS) is 1. The Labute approximate surface area is 136 Å². The van der Waals surface area contributed by atoms with Crippen LogP contribution in [0.4, 0.5) is 11.4 Å². The standard InChI is InChI=1S/C16H12N2O6/c19-14(20)9-17-12-8-11(18(22)23)6-7-13(12)24-15(16(17)21)10-4-2-1-3-5-10/h1-8,15H,9H2,(H,19,20). The van der Waals surface area contributed by atoms with E-state index in [0.717, 1.165) is 11.0 Å². The van der Waals surface area contributed by atoms with Gasteiger partial charge in [0, 0.05) is 17.7 Å².